The van der Waals surface area contributed by atoms with E-state index in [1.807, 2.05) is 19.9 Å². The Morgan fingerprint density at radius 3 is 2.36 bits per heavy atom. The largest absolute Gasteiger partial charge is 0.507 e. The van der Waals surface area contributed by atoms with Gasteiger partial charge in [0.25, 0.3) is 0 Å². The number of carbonyl (C=O) groups is 1. The highest BCUT2D eigenvalue weighted by molar-refractivity contribution is 5.94. The lowest BCUT2D eigenvalue weighted by Crippen LogP contribution is -1.91. The van der Waals surface area contributed by atoms with Crippen molar-refractivity contribution in [3.05, 3.63) is 34.9 Å². The molecule has 0 aliphatic heterocycles. The predicted molar refractivity (Wildman–Crippen MR) is 57.4 cm³/mol. The first-order valence-corrected chi connectivity index (χ1v) is 4.49. The highest BCUT2D eigenvalue weighted by Gasteiger charge is 2.03. The van der Waals surface area contributed by atoms with Gasteiger partial charge >= 0.3 is 0 Å². The van der Waals surface area contributed by atoms with E-state index in [9.17, 15) is 9.90 Å². The maximum atomic E-state index is 11.0. The number of hydrogen-bond donors (Lipinski definition) is 1. The molecule has 0 spiro atoms. The molecular formula is C12H14O2. The van der Waals surface area contributed by atoms with Gasteiger partial charge < -0.3 is 5.11 Å². The molecule has 0 aliphatic carbocycles. The topological polar surface area (TPSA) is 37.3 Å². The summed E-state index contributed by atoms with van der Waals surface area (Å²) in [5, 5.41) is 9.59. The second-order valence-corrected chi connectivity index (χ2v) is 3.55. The van der Waals surface area contributed by atoms with Crippen LogP contribution >= 0.6 is 0 Å². The van der Waals surface area contributed by atoms with Crippen molar-refractivity contribution in [2.24, 2.45) is 0 Å². The van der Waals surface area contributed by atoms with E-state index in [0.717, 1.165) is 11.1 Å². The fraction of sp³-hybridized carbons (Fsp3) is 0.250. The number of ketones is 1. The van der Waals surface area contributed by atoms with Gasteiger partial charge in [0.05, 0.1) is 0 Å². The van der Waals surface area contributed by atoms with E-state index in [0.29, 0.717) is 5.56 Å². The quantitative estimate of drug-likeness (QED) is 0.728. The summed E-state index contributed by atoms with van der Waals surface area (Å²) in [4.78, 5) is 11.0. The molecule has 0 aromatic heterocycles. The van der Waals surface area contributed by atoms with Gasteiger partial charge in [0.2, 0.25) is 0 Å². The van der Waals surface area contributed by atoms with Crippen molar-refractivity contribution in [2.45, 2.75) is 20.8 Å². The number of phenols is 1. The number of rotatable bonds is 2. The molecule has 2 heteroatoms. The lowest BCUT2D eigenvalue weighted by molar-refractivity contribution is 0.101. The van der Waals surface area contributed by atoms with Crippen LogP contribution in [0.1, 0.15) is 36.7 Å². The van der Waals surface area contributed by atoms with Crippen LogP contribution in [0.5, 0.6) is 5.75 Å². The number of phenolic OH excluding ortho intramolecular Hbond substituents is 1. The van der Waals surface area contributed by atoms with Gasteiger partial charge in [-0.2, -0.15) is 0 Å². The lowest BCUT2D eigenvalue weighted by atomic mass is 10.1. The molecule has 0 atom stereocenters. The molecule has 0 saturated heterocycles. The summed E-state index contributed by atoms with van der Waals surface area (Å²) < 4.78 is 0. The summed E-state index contributed by atoms with van der Waals surface area (Å²) in [6.45, 7) is 5.39. The zero-order valence-electron chi connectivity index (χ0n) is 8.66. The molecular weight excluding hydrogens is 176 g/mol. The summed E-state index contributed by atoms with van der Waals surface area (Å²) in [5.74, 6) is 0.114. The molecule has 0 aliphatic rings. The van der Waals surface area contributed by atoms with Gasteiger partial charge in [-0.05, 0) is 26.8 Å². The van der Waals surface area contributed by atoms with Crippen molar-refractivity contribution >= 4 is 11.9 Å². The highest BCUT2D eigenvalue weighted by Crippen LogP contribution is 2.21. The first-order chi connectivity index (χ1) is 6.50. The van der Waals surface area contributed by atoms with Crippen LogP contribution < -0.4 is 0 Å². The van der Waals surface area contributed by atoms with E-state index < -0.39 is 0 Å². The highest BCUT2D eigenvalue weighted by atomic mass is 16.3. The first kappa shape index (κ1) is 10.5. The Morgan fingerprint density at radius 1 is 1.29 bits per heavy atom. The zero-order chi connectivity index (χ0) is 10.7. The molecule has 74 valence electrons. The van der Waals surface area contributed by atoms with Crippen LogP contribution in [-0.4, -0.2) is 10.9 Å². The minimum absolute atomic E-state index is 0.0379. The Morgan fingerprint density at radius 2 is 1.93 bits per heavy atom. The molecule has 1 N–H and O–H groups in total. The van der Waals surface area contributed by atoms with E-state index in [1.54, 1.807) is 12.1 Å². The molecule has 1 aromatic rings. The molecule has 0 radical (unpaired) electrons. The van der Waals surface area contributed by atoms with Crippen molar-refractivity contribution in [1.82, 2.24) is 0 Å². The van der Waals surface area contributed by atoms with E-state index in [1.165, 1.54) is 13.0 Å². The molecule has 0 fully saturated rings. The molecule has 0 heterocycles. The Hall–Kier alpha value is -1.57. The van der Waals surface area contributed by atoms with Gasteiger partial charge in [-0.1, -0.05) is 23.8 Å². The first-order valence-electron chi connectivity index (χ1n) is 4.49. The maximum Gasteiger partial charge on any atom is 0.159 e. The standard InChI is InChI=1S/C12H14O2/c1-8(2)6-11-5-4-10(9(3)13)7-12(11)14/h4-7,14H,1-3H3. The van der Waals surface area contributed by atoms with Crippen molar-refractivity contribution in [2.75, 3.05) is 0 Å². The van der Waals surface area contributed by atoms with Crippen LogP contribution in [0.25, 0.3) is 6.08 Å². The van der Waals surface area contributed by atoms with Crippen LogP contribution in [0.15, 0.2) is 23.8 Å². The Labute approximate surface area is 83.9 Å². The summed E-state index contributed by atoms with van der Waals surface area (Å²) in [6, 6.07) is 4.97. The van der Waals surface area contributed by atoms with Gasteiger partial charge in [0, 0.05) is 11.1 Å². The van der Waals surface area contributed by atoms with E-state index in [2.05, 4.69) is 0 Å². The van der Waals surface area contributed by atoms with Crippen LogP contribution in [0.3, 0.4) is 0 Å². The van der Waals surface area contributed by atoms with Gasteiger partial charge in [0.15, 0.2) is 5.78 Å². The third-order valence-corrected chi connectivity index (χ3v) is 1.88. The van der Waals surface area contributed by atoms with Gasteiger partial charge in [0.1, 0.15) is 5.75 Å². The Balaban J connectivity index is 3.14. The number of carbonyl (C=O) groups excluding carboxylic acids is 1. The van der Waals surface area contributed by atoms with E-state index in [4.69, 9.17) is 0 Å². The van der Waals surface area contributed by atoms with Crippen LogP contribution in [0, 0.1) is 0 Å². The fourth-order valence-corrected chi connectivity index (χ4v) is 1.20. The van der Waals surface area contributed by atoms with Crippen molar-refractivity contribution in [1.29, 1.82) is 0 Å². The SMILES string of the molecule is CC(=O)c1ccc(C=C(C)C)c(O)c1. The summed E-state index contributed by atoms with van der Waals surface area (Å²) in [6.07, 6.45) is 1.87. The van der Waals surface area contributed by atoms with Gasteiger partial charge in [-0.25, -0.2) is 0 Å². The number of allylic oxidation sites excluding steroid dienone is 1. The minimum atomic E-state index is -0.0379. The molecule has 0 bridgehead atoms. The monoisotopic (exact) mass is 190 g/mol. The number of Topliss-reactive ketones (excluding diaryl/α,β-unsaturated/α-hetero) is 1. The summed E-state index contributed by atoms with van der Waals surface area (Å²) >= 11 is 0. The summed E-state index contributed by atoms with van der Waals surface area (Å²) in [5.41, 5.74) is 2.39. The third-order valence-electron chi connectivity index (χ3n) is 1.88. The molecule has 0 amide bonds. The van der Waals surface area contributed by atoms with Gasteiger partial charge in [-0.3, -0.25) is 4.79 Å². The van der Waals surface area contributed by atoms with Crippen LogP contribution in [0.4, 0.5) is 0 Å². The fourth-order valence-electron chi connectivity index (χ4n) is 1.20. The van der Waals surface area contributed by atoms with Crippen molar-refractivity contribution in [3.8, 4) is 5.75 Å². The number of benzene rings is 1. The van der Waals surface area contributed by atoms with E-state index in [-0.39, 0.29) is 11.5 Å². The second kappa shape index (κ2) is 4.09. The number of hydrogen-bond acceptors (Lipinski definition) is 2. The second-order valence-electron chi connectivity index (χ2n) is 3.55. The predicted octanol–water partition coefficient (Wildman–Crippen LogP) is 3.02. The maximum absolute atomic E-state index is 11.0. The minimum Gasteiger partial charge on any atom is -0.507 e. The molecule has 14 heavy (non-hydrogen) atoms. The van der Waals surface area contributed by atoms with Crippen LogP contribution in [-0.2, 0) is 0 Å². The smallest absolute Gasteiger partial charge is 0.159 e. The Bertz CT molecular complexity index is 385. The Kier molecular flexibility index (Phi) is 3.07. The zero-order valence-corrected chi connectivity index (χ0v) is 8.66. The third kappa shape index (κ3) is 2.46. The average Bonchev–Trinajstić information content (AvgIpc) is 2.07. The van der Waals surface area contributed by atoms with Gasteiger partial charge in [-0.15, -0.1) is 0 Å². The molecule has 1 rings (SSSR count). The normalized spacial score (nSPS) is 9.64. The lowest BCUT2D eigenvalue weighted by Gasteiger charge is -2.02. The molecule has 2 nitrogen and oxygen atoms in total. The van der Waals surface area contributed by atoms with Crippen LogP contribution in [0.2, 0.25) is 0 Å². The van der Waals surface area contributed by atoms with E-state index >= 15 is 0 Å². The summed E-state index contributed by atoms with van der Waals surface area (Å²) in [7, 11) is 0. The average molecular weight is 190 g/mol. The van der Waals surface area contributed by atoms with Crippen molar-refractivity contribution in [3.63, 3.8) is 0 Å². The molecule has 1 aromatic carbocycles. The molecule has 0 unspecified atom stereocenters. The molecule has 0 saturated carbocycles. The van der Waals surface area contributed by atoms with Crippen molar-refractivity contribution < 1.29 is 9.90 Å². The number of aromatic hydroxyl groups is 1.